The number of nitrogens with zero attached hydrogens (tertiary/aromatic N) is 4. The molecule has 7 aromatic rings. The molecular weight excluding hydrogens is 1880 g/mol. The number of carbonyl (C=O) groups excluding carboxylic acids is 4. The van der Waals surface area contributed by atoms with Gasteiger partial charge in [0, 0.05) is 72.0 Å². The maximum Gasteiger partial charge on any atom is 0.259 e. The zero-order valence-electron chi connectivity index (χ0n) is 88.9. The molecule has 4 amide bonds. The molecule has 3 aromatic heterocycles. The lowest BCUT2D eigenvalue weighted by Crippen LogP contribution is -2.30. The van der Waals surface area contributed by atoms with Gasteiger partial charge in [-0.15, -0.1) is 34.0 Å². The Morgan fingerprint density at radius 1 is 0.239 bits per heavy atom. The average molecular weight is 2070 g/mol. The van der Waals surface area contributed by atoms with Crippen molar-refractivity contribution in [2.45, 2.75) is 481 Å². The Balaban J connectivity index is 0.000000290. The maximum absolute atomic E-state index is 15.3. The van der Waals surface area contributed by atoms with E-state index in [2.05, 4.69) is 189 Å². The van der Waals surface area contributed by atoms with Crippen LogP contribution in [0.2, 0.25) is 0 Å². The van der Waals surface area contributed by atoms with Crippen molar-refractivity contribution < 1.29 is 19.2 Å². The van der Waals surface area contributed by atoms with Gasteiger partial charge in [-0.05, 0) is 168 Å². The molecule has 3 atom stereocenters. The van der Waals surface area contributed by atoms with Gasteiger partial charge in [-0.3, -0.25) is 19.2 Å². The SMILES string of the molecule is CCCCCCCCC(CCCCCC)Cc1csc(-c2ccc3c(c2)N(CCCCCCCC)C(=O)/C3=C2/C(=O)N(CCCCCCCC)c3cc(-c4cc(CC(CCCCCC)CCCCCCCC)cs4)ccc32)c1.CCCCCCCCC(CCCCCC)Cc1csc(C)c1.CCCCCCCCN1C(=O)/C(=C2/C(=O)N(CCCCCCCC)c3cc(Br)ccc32)c2ccc(Br)cc21. The third-order valence-electron chi connectivity index (χ3n) is 30.0. The predicted molar refractivity (Wildman–Crippen MR) is 615 cm³/mol. The molecule has 8 nitrogen and oxygen atoms in total. The summed E-state index contributed by atoms with van der Waals surface area (Å²) in [6.07, 6.45) is 81.1. The van der Waals surface area contributed by atoms with E-state index in [0.29, 0.717) is 48.5 Å². The Morgan fingerprint density at radius 3 is 0.696 bits per heavy atom. The lowest BCUT2D eigenvalue weighted by molar-refractivity contribution is -0.114. The quantitative estimate of drug-likeness (QED) is 0.0281. The molecule has 764 valence electrons. The van der Waals surface area contributed by atoms with Gasteiger partial charge < -0.3 is 19.6 Å². The summed E-state index contributed by atoms with van der Waals surface area (Å²) in [5.74, 6) is 2.30. The summed E-state index contributed by atoms with van der Waals surface area (Å²) < 4.78 is 1.88. The van der Waals surface area contributed by atoms with E-state index in [9.17, 15) is 9.59 Å². The highest BCUT2D eigenvalue weighted by Crippen LogP contribution is 2.52. The average Bonchev–Trinajstić information content (AvgIpc) is 1.57. The van der Waals surface area contributed by atoms with E-state index in [1.54, 1.807) is 5.56 Å². The highest BCUT2D eigenvalue weighted by Gasteiger charge is 2.45. The second kappa shape index (κ2) is 67.8. The van der Waals surface area contributed by atoms with Gasteiger partial charge in [0.25, 0.3) is 23.6 Å². The Hall–Kier alpha value is -5.70. The van der Waals surface area contributed by atoms with Crippen LogP contribution in [0.5, 0.6) is 0 Å². The van der Waals surface area contributed by atoms with Gasteiger partial charge in [0.2, 0.25) is 0 Å². The van der Waals surface area contributed by atoms with Crippen LogP contribution in [-0.2, 0) is 38.4 Å². The minimum atomic E-state index is -0.0507. The lowest BCUT2D eigenvalue weighted by atomic mass is 9.89. The summed E-state index contributed by atoms with van der Waals surface area (Å²) in [6, 6.07) is 32.7. The fraction of sp³-hybridized carbons (Fsp3) is 0.648. The van der Waals surface area contributed by atoms with Crippen LogP contribution in [0.4, 0.5) is 22.7 Å². The first-order valence-electron chi connectivity index (χ1n) is 57.4. The number of hydrogen-bond acceptors (Lipinski definition) is 7. The zero-order valence-corrected chi connectivity index (χ0v) is 94.5. The van der Waals surface area contributed by atoms with Crippen molar-refractivity contribution in [3.63, 3.8) is 0 Å². The number of benzene rings is 4. The third kappa shape index (κ3) is 38.0. The van der Waals surface area contributed by atoms with E-state index in [0.717, 1.165) is 136 Å². The number of hydrogen-bond donors (Lipinski definition) is 0. The number of unbranched alkanes of at least 4 members (excludes halogenated alkanes) is 44. The highest BCUT2D eigenvalue weighted by molar-refractivity contribution is 9.10. The second-order valence-corrected chi connectivity index (χ2v) is 46.6. The van der Waals surface area contributed by atoms with Crippen LogP contribution in [0.15, 0.2) is 116 Å². The maximum atomic E-state index is 15.3. The number of thiophene rings is 3. The molecule has 0 fully saturated rings. The van der Waals surface area contributed by atoms with Crippen LogP contribution < -0.4 is 19.6 Å². The monoisotopic (exact) mass is 2060 g/mol. The Bertz CT molecular complexity index is 4440. The van der Waals surface area contributed by atoms with Crippen molar-refractivity contribution in [1.29, 1.82) is 0 Å². The Labute approximate surface area is 871 Å². The van der Waals surface area contributed by atoms with Crippen molar-refractivity contribution in [2.75, 3.05) is 45.8 Å². The van der Waals surface area contributed by atoms with Crippen LogP contribution in [0, 0.1) is 24.7 Å². The first kappa shape index (κ1) is 116. The minimum absolute atomic E-state index is 0.00363. The van der Waals surface area contributed by atoms with Crippen molar-refractivity contribution >= 4 is 135 Å². The molecule has 4 aliphatic heterocycles. The van der Waals surface area contributed by atoms with E-state index >= 15 is 9.59 Å². The van der Waals surface area contributed by atoms with Gasteiger partial charge in [0.05, 0.1) is 45.0 Å². The van der Waals surface area contributed by atoms with E-state index in [-0.39, 0.29) is 23.6 Å². The Kier molecular flexibility index (Phi) is 56.9. The number of rotatable bonds is 72. The minimum Gasteiger partial charge on any atom is -0.308 e. The normalized spacial score (nSPS) is 15.1. The molecule has 4 aliphatic rings. The molecule has 13 heteroatoms. The fourth-order valence-electron chi connectivity index (χ4n) is 21.7. The van der Waals surface area contributed by atoms with Gasteiger partial charge in [0.1, 0.15) is 0 Å². The molecule has 11 rings (SSSR count). The van der Waals surface area contributed by atoms with Crippen LogP contribution in [0.3, 0.4) is 0 Å². The van der Waals surface area contributed by atoms with Crippen molar-refractivity contribution in [1.82, 2.24) is 0 Å². The standard InChI is InChI=1S/C72H110N2O2S2.C32H40Br2N2O2.C21H38S/c1-7-13-19-25-29-35-41-57(39-33-23-17-11-5)49-59-51-67(77-55-59)61-43-45-63-65(53-61)73(47-37-31-27-21-15-9-3)71(75)69(63)70-64-46-44-62(54-66(64)74(72(70)76)48-38-32-28-22-16-10-4)68-52-60(56-78-68)50-58(40-34-24-18-12-6)42-36-30-26-20-14-8-2;1-3-5-7-9-11-13-19-35-27-21-23(33)15-17-25(27)29(31(35)37)30-26-18-16-24(34)22-28(26)36(32(30)38)20-14-12-10-8-6-4-2;1-4-6-8-10-11-13-15-20(14-12-9-7-5-2)17-21-16-19(3)22-18-21/h43-46,51-58H,7-42,47-50H2,1-6H3;15-18,21-22H,3-14,19-20H2,1-2H3;16,18,20H,4-15,17H2,1-3H3/b70-69+;30-29+;. The first-order chi connectivity index (χ1) is 67.6. The zero-order chi connectivity index (χ0) is 98.3. The lowest BCUT2D eigenvalue weighted by Gasteiger charge is -2.18. The first-order valence-corrected chi connectivity index (χ1v) is 61.6. The second-order valence-electron chi connectivity index (χ2n) is 41.8. The number of aryl methyl sites for hydroxylation is 1. The van der Waals surface area contributed by atoms with Crippen molar-refractivity contribution in [3.8, 4) is 20.9 Å². The molecule has 0 saturated heterocycles. The third-order valence-corrected chi connectivity index (χ3v) is 33.9. The van der Waals surface area contributed by atoms with E-state index in [1.165, 1.54) is 377 Å². The summed E-state index contributed by atoms with van der Waals surface area (Å²) >= 11 is 12.8. The van der Waals surface area contributed by atoms with E-state index < -0.39 is 0 Å². The number of carbonyl (C=O) groups is 4. The molecule has 0 bridgehead atoms. The highest BCUT2D eigenvalue weighted by atomic mass is 79.9. The van der Waals surface area contributed by atoms with Gasteiger partial charge >= 0.3 is 0 Å². The van der Waals surface area contributed by atoms with Crippen molar-refractivity contribution in [2.24, 2.45) is 17.8 Å². The summed E-state index contributed by atoms with van der Waals surface area (Å²) in [4.78, 5) is 70.5. The molecule has 0 saturated carbocycles. The van der Waals surface area contributed by atoms with Gasteiger partial charge in [-0.1, -0.05) is 497 Å². The summed E-state index contributed by atoms with van der Waals surface area (Å²) in [6.45, 7) is 27.8. The number of fused-ring (bicyclic) bond motifs is 4. The molecular formula is C125H188Br2N4O4S3. The smallest absolute Gasteiger partial charge is 0.259 e. The molecule has 0 aliphatic carbocycles. The largest absolute Gasteiger partial charge is 0.308 e. The number of anilines is 4. The summed E-state index contributed by atoms with van der Waals surface area (Å²) in [5, 5.41) is 7.21. The fourth-order valence-corrected chi connectivity index (χ4v) is 25.0. The van der Waals surface area contributed by atoms with E-state index in [1.807, 2.05) is 80.2 Å². The molecule has 0 N–H and O–H groups in total. The topological polar surface area (TPSA) is 81.2 Å². The van der Waals surface area contributed by atoms with Crippen LogP contribution in [0.1, 0.15) is 498 Å². The van der Waals surface area contributed by atoms with Gasteiger partial charge in [-0.2, -0.15) is 0 Å². The molecule has 0 spiro atoms. The summed E-state index contributed by atoms with van der Waals surface area (Å²) in [7, 11) is 0. The molecule has 138 heavy (non-hydrogen) atoms. The Morgan fingerprint density at radius 2 is 0.449 bits per heavy atom. The number of amides is 4. The van der Waals surface area contributed by atoms with Crippen LogP contribution in [0.25, 0.3) is 43.2 Å². The molecule has 4 aromatic carbocycles. The van der Waals surface area contributed by atoms with Gasteiger partial charge in [-0.25, -0.2) is 0 Å². The number of halogens is 2. The van der Waals surface area contributed by atoms with Crippen LogP contribution >= 0.6 is 65.9 Å². The summed E-state index contributed by atoms with van der Waals surface area (Å²) in [5.41, 5.74) is 16.5. The van der Waals surface area contributed by atoms with E-state index in [4.69, 9.17) is 0 Å². The molecule has 7 heterocycles. The molecule has 0 radical (unpaired) electrons. The predicted octanol–water partition coefficient (Wildman–Crippen LogP) is 40.7. The van der Waals surface area contributed by atoms with Crippen molar-refractivity contribution in [3.05, 3.63) is 160 Å². The molecule has 3 unspecified atom stereocenters. The van der Waals surface area contributed by atoms with Crippen LogP contribution in [-0.4, -0.2) is 49.8 Å². The van der Waals surface area contributed by atoms with Gasteiger partial charge in [0.15, 0.2) is 0 Å².